The molecule has 1 aromatic heterocycles. The van der Waals surface area contributed by atoms with Crippen LogP contribution in [0.3, 0.4) is 0 Å². The molecule has 2 aromatic rings. The molecule has 1 atom stereocenters. The number of rotatable bonds is 3. The molecule has 0 bridgehead atoms. The lowest BCUT2D eigenvalue weighted by atomic mass is 10.1. The van der Waals surface area contributed by atoms with Crippen LogP contribution in [0.4, 0.5) is 0 Å². The Kier molecular flexibility index (Phi) is 5.68. The number of aryl methyl sites for hydroxylation is 2. The number of hydrogen-bond acceptors (Lipinski definition) is 3. The van der Waals surface area contributed by atoms with Crippen LogP contribution < -0.4 is 10.1 Å². The molecule has 118 valence electrons. The van der Waals surface area contributed by atoms with Crippen LogP contribution in [0, 0.1) is 13.8 Å². The van der Waals surface area contributed by atoms with Crippen molar-refractivity contribution in [2.75, 3.05) is 6.54 Å². The lowest BCUT2D eigenvalue weighted by Gasteiger charge is -2.12. The third-order valence-electron chi connectivity index (χ3n) is 3.79. The van der Waals surface area contributed by atoms with Crippen molar-refractivity contribution in [3.05, 3.63) is 52.2 Å². The van der Waals surface area contributed by atoms with Gasteiger partial charge in [0.1, 0.15) is 5.75 Å². The molecule has 1 aliphatic rings. The Hall–Kier alpha value is -1.29. The van der Waals surface area contributed by atoms with Crippen molar-refractivity contribution in [2.45, 2.75) is 32.7 Å². The highest BCUT2D eigenvalue weighted by Gasteiger charge is 2.17. The van der Waals surface area contributed by atoms with Gasteiger partial charge in [0.2, 0.25) is 5.88 Å². The molecule has 0 aliphatic carbocycles. The second kappa shape index (κ2) is 7.32. The van der Waals surface area contributed by atoms with Gasteiger partial charge in [0.25, 0.3) is 0 Å². The first-order valence-corrected chi connectivity index (χ1v) is 7.66. The first-order chi connectivity index (χ1) is 10.1. The van der Waals surface area contributed by atoms with Crippen molar-refractivity contribution in [3.8, 4) is 11.6 Å². The normalized spacial score (nSPS) is 17.1. The highest BCUT2D eigenvalue weighted by atomic mass is 35.5. The van der Waals surface area contributed by atoms with Crippen molar-refractivity contribution < 1.29 is 4.74 Å². The van der Waals surface area contributed by atoms with Gasteiger partial charge >= 0.3 is 0 Å². The van der Waals surface area contributed by atoms with Crippen LogP contribution in [0.2, 0.25) is 5.02 Å². The van der Waals surface area contributed by atoms with E-state index in [9.17, 15) is 0 Å². The minimum absolute atomic E-state index is 0. The van der Waals surface area contributed by atoms with E-state index < -0.39 is 0 Å². The molecular weight excluding hydrogens is 319 g/mol. The average Bonchev–Trinajstić information content (AvgIpc) is 2.99. The van der Waals surface area contributed by atoms with Crippen molar-refractivity contribution in [1.29, 1.82) is 0 Å². The Labute approximate surface area is 142 Å². The van der Waals surface area contributed by atoms with E-state index in [0.29, 0.717) is 11.9 Å². The zero-order valence-electron chi connectivity index (χ0n) is 12.7. The van der Waals surface area contributed by atoms with E-state index in [4.69, 9.17) is 16.3 Å². The van der Waals surface area contributed by atoms with Gasteiger partial charge in [-0.1, -0.05) is 17.7 Å². The predicted octanol–water partition coefficient (Wildman–Crippen LogP) is 4.99. The SMILES string of the molecule is Cc1cc(Oc2cccc(C3CCCN3)n2)cc(C)c1Cl.Cl. The predicted molar refractivity (Wildman–Crippen MR) is 92.5 cm³/mol. The van der Waals surface area contributed by atoms with E-state index in [1.807, 2.05) is 44.2 Å². The summed E-state index contributed by atoms with van der Waals surface area (Å²) in [5, 5.41) is 4.25. The Morgan fingerprint density at radius 2 is 1.95 bits per heavy atom. The maximum atomic E-state index is 6.18. The molecule has 0 radical (unpaired) electrons. The van der Waals surface area contributed by atoms with E-state index in [0.717, 1.165) is 40.6 Å². The van der Waals surface area contributed by atoms with Gasteiger partial charge in [0.05, 0.1) is 5.69 Å². The van der Waals surface area contributed by atoms with Crippen molar-refractivity contribution >= 4 is 24.0 Å². The molecule has 1 fully saturated rings. The van der Waals surface area contributed by atoms with Crippen LogP contribution in [0.1, 0.15) is 35.7 Å². The summed E-state index contributed by atoms with van der Waals surface area (Å²) in [6, 6.07) is 10.2. The Balaban J connectivity index is 0.00000176. The summed E-state index contributed by atoms with van der Waals surface area (Å²) in [6.07, 6.45) is 2.34. The van der Waals surface area contributed by atoms with Gasteiger partial charge in [0.15, 0.2) is 0 Å². The van der Waals surface area contributed by atoms with Gasteiger partial charge < -0.3 is 10.1 Å². The first-order valence-electron chi connectivity index (χ1n) is 7.28. The third-order valence-corrected chi connectivity index (χ3v) is 4.39. The second-order valence-corrected chi connectivity index (χ2v) is 5.90. The number of benzene rings is 1. The van der Waals surface area contributed by atoms with Gasteiger partial charge in [-0.25, -0.2) is 4.98 Å². The Bertz CT molecular complexity index is 632. The smallest absolute Gasteiger partial charge is 0.219 e. The number of halogens is 2. The van der Waals surface area contributed by atoms with Crippen LogP contribution in [-0.4, -0.2) is 11.5 Å². The summed E-state index contributed by atoms with van der Waals surface area (Å²) < 4.78 is 5.90. The molecule has 0 spiro atoms. The topological polar surface area (TPSA) is 34.1 Å². The van der Waals surface area contributed by atoms with E-state index in [2.05, 4.69) is 10.3 Å². The summed E-state index contributed by atoms with van der Waals surface area (Å²) in [4.78, 5) is 4.61. The van der Waals surface area contributed by atoms with Crippen LogP contribution in [0.5, 0.6) is 11.6 Å². The van der Waals surface area contributed by atoms with Gasteiger partial charge in [0, 0.05) is 17.1 Å². The average molecular weight is 339 g/mol. The molecule has 1 aliphatic heterocycles. The number of nitrogens with one attached hydrogen (secondary N) is 1. The van der Waals surface area contributed by atoms with E-state index in [-0.39, 0.29) is 12.4 Å². The van der Waals surface area contributed by atoms with E-state index in [1.54, 1.807) is 0 Å². The van der Waals surface area contributed by atoms with E-state index in [1.165, 1.54) is 6.42 Å². The fraction of sp³-hybridized carbons (Fsp3) is 0.353. The fourth-order valence-corrected chi connectivity index (χ4v) is 2.81. The minimum atomic E-state index is 0. The van der Waals surface area contributed by atoms with Crippen LogP contribution in [0.15, 0.2) is 30.3 Å². The monoisotopic (exact) mass is 338 g/mol. The number of hydrogen-bond donors (Lipinski definition) is 1. The molecule has 1 N–H and O–H groups in total. The molecule has 1 unspecified atom stereocenters. The summed E-state index contributed by atoms with van der Waals surface area (Å²) in [7, 11) is 0. The number of pyridine rings is 1. The van der Waals surface area contributed by atoms with E-state index >= 15 is 0 Å². The highest BCUT2D eigenvalue weighted by molar-refractivity contribution is 6.32. The second-order valence-electron chi connectivity index (χ2n) is 5.52. The van der Waals surface area contributed by atoms with Gasteiger partial charge in [-0.15, -0.1) is 12.4 Å². The van der Waals surface area contributed by atoms with Crippen molar-refractivity contribution in [3.63, 3.8) is 0 Å². The third kappa shape index (κ3) is 3.72. The quantitative estimate of drug-likeness (QED) is 0.855. The first kappa shape index (κ1) is 17.1. The molecular formula is C17H20Cl2N2O. The lowest BCUT2D eigenvalue weighted by Crippen LogP contribution is -2.14. The van der Waals surface area contributed by atoms with Crippen LogP contribution in [0.25, 0.3) is 0 Å². The minimum Gasteiger partial charge on any atom is -0.439 e. The zero-order valence-corrected chi connectivity index (χ0v) is 14.3. The number of aromatic nitrogens is 1. The van der Waals surface area contributed by atoms with Gasteiger partial charge in [-0.2, -0.15) is 0 Å². The molecule has 1 aromatic carbocycles. The molecule has 5 heteroatoms. The lowest BCUT2D eigenvalue weighted by molar-refractivity contribution is 0.456. The standard InChI is InChI=1S/C17H19ClN2O.ClH/c1-11-9-13(10-12(2)17(11)18)21-16-7-3-5-15(20-16)14-6-4-8-19-14;/h3,5,7,9-10,14,19H,4,6,8H2,1-2H3;1H. The van der Waals surface area contributed by atoms with Crippen LogP contribution in [-0.2, 0) is 0 Å². The van der Waals surface area contributed by atoms with Gasteiger partial charge in [-0.05, 0) is 62.6 Å². The summed E-state index contributed by atoms with van der Waals surface area (Å²) in [6.45, 7) is 5.02. The van der Waals surface area contributed by atoms with Crippen LogP contribution >= 0.6 is 24.0 Å². The highest BCUT2D eigenvalue weighted by Crippen LogP contribution is 2.29. The maximum Gasteiger partial charge on any atom is 0.219 e. The molecule has 3 rings (SSSR count). The number of ether oxygens (including phenoxy) is 1. The van der Waals surface area contributed by atoms with Crippen molar-refractivity contribution in [1.82, 2.24) is 10.3 Å². The zero-order chi connectivity index (χ0) is 14.8. The number of nitrogens with zero attached hydrogens (tertiary/aromatic N) is 1. The molecule has 3 nitrogen and oxygen atoms in total. The fourth-order valence-electron chi connectivity index (χ4n) is 2.70. The molecule has 0 amide bonds. The molecule has 0 saturated carbocycles. The maximum absolute atomic E-state index is 6.18. The summed E-state index contributed by atoms with van der Waals surface area (Å²) in [5.41, 5.74) is 3.08. The summed E-state index contributed by atoms with van der Waals surface area (Å²) >= 11 is 6.18. The molecule has 1 saturated heterocycles. The van der Waals surface area contributed by atoms with Gasteiger partial charge in [-0.3, -0.25) is 0 Å². The summed E-state index contributed by atoms with van der Waals surface area (Å²) in [5.74, 6) is 1.40. The Morgan fingerprint density at radius 1 is 1.23 bits per heavy atom. The Morgan fingerprint density at radius 3 is 2.59 bits per heavy atom. The largest absolute Gasteiger partial charge is 0.439 e. The molecule has 22 heavy (non-hydrogen) atoms. The molecule has 2 heterocycles. The van der Waals surface area contributed by atoms with Crippen molar-refractivity contribution in [2.24, 2.45) is 0 Å².